The molecule has 2 rings (SSSR count). The van der Waals surface area contributed by atoms with Gasteiger partial charge in [0.2, 0.25) is 0 Å². The van der Waals surface area contributed by atoms with Gasteiger partial charge < -0.3 is 9.84 Å². The van der Waals surface area contributed by atoms with Crippen molar-refractivity contribution < 1.29 is 14.2 Å². The van der Waals surface area contributed by atoms with E-state index < -0.39 is 23.7 Å². The van der Waals surface area contributed by atoms with Crippen molar-refractivity contribution in [1.82, 2.24) is 9.55 Å². The number of aliphatic hydroxyl groups excluding tert-OH is 1. The van der Waals surface area contributed by atoms with Crippen molar-refractivity contribution in [1.29, 1.82) is 0 Å². The molecule has 1 aromatic heterocycles. The Hall–Kier alpha value is -0.920. The second kappa shape index (κ2) is 6.86. The predicted molar refractivity (Wildman–Crippen MR) is 67.6 cm³/mol. The van der Waals surface area contributed by atoms with Crippen molar-refractivity contribution in [3.63, 3.8) is 0 Å². The highest BCUT2D eigenvalue weighted by molar-refractivity contribution is 7.71. The number of aromatic nitrogens is 2. The Kier molecular flexibility index (Phi) is 5.77. The average Bonchev–Trinajstić information content (AvgIpc) is 2.71. The number of nitrogens with zero attached hydrogens (tertiary/aromatic N) is 1. The third-order valence-corrected chi connectivity index (χ3v) is 2.56. The lowest BCUT2D eigenvalue weighted by Crippen LogP contribution is -2.27. The van der Waals surface area contributed by atoms with E-state index in [1.54, 1.807) is 0 Å². The average molecular weight is 268 g/mol. The lowest BCUT2D eigenvalue weighted by Gasteiger charge is -2.13. The maximum Gasteiger partial charge on any atom is 0.328 e. The topological polar surface area (TPSA) is 67.2 Å². The summed E-state index contributed by atoms with van der Waals surface area (Å²) in [6.07, 6.45) is 1.78. The van der Waals surface area contributed by atoms with Crippen LogP contribution >= 0.6 is 12.2 Å². The smallest absolute Gasteiger partial charge is 0.328 e. The van der Waals surface area contributed by atoms with E-state index in [0.717, 1.165) is 10.8 Å². The van der Waals surface area contributed by atoms with E-state index in [9.17, 15) is 9.18 Å². The van der Waals surface area contributed by atoms with Gasteiger partial charge in [0.05, 0.1) is 6.20 Å². The zero-order chi connectivity index (χ0) is 13.7. The van der Waals surface area contributed by atoms with Crippen LogP contribution in [-0.2, 0) is 4.74 Å². The number of aliphatic hydroxyl groups is 1. The molecular formula is C9H11B2FN2O3S. The fourth-order valence-corrected chi connectivity index (χ4v) is 1.66. The summed E-state index contributed by atoms with van der Waals surface area (Å²) in [6, 6.07) is -0.395. The molecule has 5 nitrogen and oxygen atoms in total. The Morgan fingerprint density at radius 2 is 2.28 bits per heavy atom. The summed E-state index contributed by atoms with van der Waals surface area (Å²) in [7, 11) is 9.92. The maximum absolute atomic E-state index is 13.1. The lowest BCUT2D eigenvalue weighted by atomic mass is 9.98. The van der Waals surface area contributed by atoms with Gasteiger partial charge in [-0.1, -0.05) is 12.2 Å². The molecule has 1 saturated heterocycles. The molecule has 0 spiro atoms. The van der Waals surface area contributed by atoms with Crippen molar-refractivity contribution in [2.45, 2.75) is 25.1 Å². The van der Waals surface area contributed by atoms with Crippen LogP contribution in [0.15, 0.2) is 11.0 Å². The number of H-pyrrole nitrogens is 1. The first-order chi connectivity index (χ1) is 8.49. The van der Waals surface area contributed by atoms with Crippen molar-refractivity contribution >= 4 is 27.9 Å². The number of ether oxygens (including phenoxy) is 1. The molecule has 0 bridgehead atoms. The van der Waals surface area contributed by atoms with E-state index >= 15 is 0 Å². The molecule has 1 aromatic rings. The van der Waals surface area contributed by atoms with E-state index in [2.05, 4.69) is 25.0 Å². The molecule has 18 heavy (non-hydrogen) atoms. The maximum atomic E-state index is 13.1. The van der Waals surface area contributed by atoms with Crippen molar-refractivity contribution in [2.75, 3.05) is 6.51 Å². The lowest BCUT2D eigenvalue weighted by molar-refractivity contribution is 0.0333. The standard InChI is InChI=1S/C8H8BFN2O2S.CH3BO/c9-5-1-2-6(14-5)12-3-4(10)7(15)11-8(12)13;2-1-3/h3,5-6H,1-2H2,(H,11,13,15);3H,1H2/t5-,6?;/m0./s1. The quantitative estimate of drug-likeness (QED) is 0.553. The van der Waals surface area contributed by atoms with Crippen molar-refractivity contribution in [3.8, 4) is 0 Å². The number of nitrogens with one attached hydrogen (secondary N) is 1. The molecule has 4 radical (unpaired) electrons. The highest BCUT2D eigenvalue weighted by atomic mass is 32.1. The van der Waals surface area contributed by atoms with Gasteiger partial charge in [-0.05, 0) is 12.8 Å². The van der Waals surface area contributed by atoms with Crippen molar-refractivity contribution in [3.05, 3.63) is 27.1 Å². The van der Waals surface area contributed by atoms with Crippen LogP contribution < -0.4 is 5.69 Å². The highest BCUT2D eigenvalue weighted by Gasteiger charge is 2.24. The monoisotopic (exact) mass is 268 g/mol. The van der Waals surface area contributed by atoms with Crippen LogP contribution in [0.5, 0.6) is 0 Å². The fraction of sp³-hybridized carbons (Fsp3) is 0.556. The van der Waals surface area contributed by atoms with Crippen LogP contribution in [0.1, 0.15) is 19.1 Å². The largest absolute Gasteiger partial charge is 0.406 e. The van der Waals surface area contributed by atoms with Gasteiger partial charge in [0.15, 0.2) is 5.82 Å². The van der Waals surface area contributed by atoms with Crippen LogP contribution in [0.4, 0.5) is 4.39 Å². The molecule has 1 fully saturated rings. The second-order valence-electron chi connectivity index (χ2n) is 3.53. The molecule has 0 saturated carbocycles. The van der Waals surface area contributed by atoms with Gasteiger partial charge in [-0.2, -0.15) is 0 Å². The Morgan fingerprint density at radius 1 is 1.67 bits per heavy atom. The number of rotatable bonds is 1. The Balaban J connectivity index is 0.000000492. The first-order valence-corrected chi connectivity index (χ1v) is 5.63. The fourth-order valence-electron chi connectivity index (χ4n) is 1.52. The summed E-state index contributed by atoms with van der Waals surface area (Å²) >= 11 is 4.59. The molecule has 2 heterocycles. The Bertz CT molecular complexity index is 507. The SMILES string of the molecule is [B]CO.[B][C@@H]1CCC(n2cc(F)c(=S)[nH]c2=O)O1. The van der Waals surface area contributed by atoms with Gasteiger partial charge in [-0.15, -0.1) is 0 Å². The Labute approximate surface area is 111 Å². The van der Waals surface area contributed by atoms with Crippen LogP contribution in [0.25, 0.3) is 0 Å². The summed E-state index contributed by atoms with van der Waals surface area (Å²) in [5, 5.41) is 7.35. The van der Waals surface area contributed by atoms with Gasteiger partial charge in [0.25, 0.3) is 0 Å². The molecule has 9 heteroatoms. The zero-order valence-electron chi connectivity index (χ0n) is 9.51. The van der Waals surface area contributed by atoms with E-state index in [4.69, 9.17) is 17.7 Å². The van der Waals surface area contributed by atoms with Crippen LogP contribution in [0, 0.1) is 10.5 Å². The summed E-state index contributed by atoms with van der Waals surface area (Å²) in [5.41, 5.74) is -0.486. The molecule has 2 N–H and O–H groups in total. The third-order valence-electron chi connectivity index (χ3n) is 2.26. The van der Waals surface area contributed by atoms with Crippen LogP contribution in [0.3, 0.4) is 0 Å². The zero-order valence-corrected chi connectivity index (χ0v) is 10.3. The normalized spacial score (nSPS) is 22.3. The molecule has 0 amide bonds. The molecule has 1 aliphatic rings. The summed E-state index contributed by atoms with van der Waals surface area (Å²) < 4.78 is 19.3. The molecular weight excluding hydrogens is 257 g/mol. The molecule has 0 aromatic carbocycles. The van der Waals surface area contributed by atoms with Crippen LogP contribution in [0.2, 0.25) is 0 Å². The molecule has 2 atom stereocenters. The first kappa shape index (κ1) is 15.1. The molecule has 0 aliphatic carbocycles. The van der Waals surface area contributed by atoms with Gasteiger partial charge >= 0.3 is 5.69 Å². The van der Waals surface area contributed by atoms with Gasteiger partial charge in [-0.25, -0.2) is 9.18 Å². The molecule has 94 valence electrons. The number of aromatic amines is 1. The van der Waals surface area contributed by atoms with E-state index in [0.29, 0.717) is 12.8 Å². The molecule has 1 aliphatic heterocycles. The third kappa shape index (κ3) is 3.79. The van der Waals surface area contributed by atoms with E-state index in [1.165, 1.54) is 0 Å². The van der Waals surface area contributed by atoms with E-state index in [1.807, 2.05) is 0 Å². The van der Waals surface area contributed by atoms with Crippen molar-refractivity contribution in [2.24, 2.45) is 0 Å². The minimum Gasteiger partial charge on any atom is -0.406 e. The first-order valence-electron chi connectivity index (χ1n) is 5.22. The summed E-state index contributed by atoms with van der Waals surface area (Å²) in [6.45, 7) is -0.250. The number of hydrogen-bond acceptors (Lipinski definition) is 4. The van der Waals surface area contributed by atoms with Crippen LogP contribution in [-0.4, -0.2) is 42.9 Å². The summed E-state index contributed by atoms with van der Waals surface area (Å²) in [5.74, 6) is -0.645. The predicted octanol–water partition coefficient (Wildman–Crippen LogP) is -0.0467. The Morgan fingerprint density at radius 3 is 2.78 bits per heavy atom. The summed E-state index contributed by atoms with van der Waals surface area (Å²) in [4.78, 5) is 13.7. The van der Waals surface area contributed by atoms with E-state index in [-0.39, 0.29) is 11.1 Å². The minimum absolute atomic E-state index is 0.196. The van der Waals surface area contributed by atoms with Gasteiger partial charge in [0, 0.05) is 12.5 Å². The minimum atomic E-state index is -0.645. The highest BCUT2D eigenvalue weighted by Crippen LogP contribution is 2.25. The second-order valence-corrected chi connectivity index (χ2v) is 3.94. The number of hydrogen-bond donors (Lipinski definition) is 2. The molecule has 1 unspecified atom stereocenters. The number of halogens is 1. The van der Waals surface area contributed by atoms with Gasteiger partial charge in [-0.3, -0.25) is 9.55 Å². The van der Waals surface area contributed by atoms with Gasteiger partial charge in [0.1, 0.15) is 26.6 Å².